The van der Waals surface area contributed by atoms with Gasteiger partial charge in [-0.2, -0.15) is 0 Å². The Hall–Kier alpha value is 0.110. The average Bonchev–Trinajstić information content (AvgIpc) is 2.57. The first-order chi connectivity index (χ1) is 12.5. The normalized spacial score (nSPS) is 13.2. The molecular formula is C21H47NO3P+. The number of hydrogen-bond donors (Lipinski definition) is 0. The van der Waals surface area contributed by atoms with E-state index in [1.807, 2.05) is 0 Å². The van der Waals surface area contributed by atoms with E-state index < -0.39 is 8.25 Å². The molecule has 158 valence electrons. The molecule has 4 nitrogen and oxygen atoms in total. The second-order valence-corrected chi connectivity index (χ2v) is 9.63. The number of hydrogen-bond acceptors (Lipinski definition) is 3. The highest BCUT2D eigenvalue weighted by Crippen LogP contribution is 2.24. The Morgan fingerprint density at radius 2 is 1.00 bits per heavy atom. The molecule has 26 heavy (non-hydrogen) atoms. The highest BCUT2D eigenvalue weighted by Gasteiger charge is 2.08. The lowest BCUT2D eigenvalue weighted by molar-refractivity contribution is -0.870. The minimum absolute atomic E-state index is 0.500. The van der Waals surface area contributed by atoms with Crippen LogP contribution in [0.15, 0.2) is 0 Å². The summed E-state index contributed by atoms with van der Waals surface area (Å²) in [7, 11) is 3.99. The summed E-state index contributed by atoms with van der Waals surface area (Å²) in [6.07, 6.45) is 18.8. The first-order valence-electron chi connectivity index (χ1n) is 11.1. The van der Waals surface area contributed by atoms with Crippen LogP contribution in [0.4, 0.5) is 0 Å². The van der Waals surface area contributed by atoms with Gasteiger partial charge in [0.05, 0.1) is 27.7 Å². The van der Waals surface area contributed by atoms with Crippen molar-refractivity contribution in [3.8, 4) is 0 Å². The molecule has 0 aromatic carbocycles. The third-order valence-electron chi connectivity index (χ3n) is 4.70. The third-order valence-corrected chi connectivity index (χ3v) is 5.58. The molecule has 0 bridgehead atoms. The molecule has 0 N–H and O–H groups in total. The summed E-state index contributed by atoms with van der Waals surface area (Å²) in [4.78, 5) is 0. The Morgan fingerprint density at radius 1 is 0.615 bits per heavy atom. The van der Waals surface area contributed by atoms with Crippen molar-refractivity contribution in [3.63, 3.8) is 0 Å². The highest BCUT2D eigenvalue weighted by atomic mass is 31.1. The molecule has 0 heterocycles. The average molecular weight is 393 g/mol. The lowest BCUT2D eigenvalue weighted by atomic mass is 10.0. The molecule has 0 saturated heterocycles. The van der Waals surface area contributed by atoms with Crippen molar-refractivity contribution in [2.75, 3.05) is 40.9 Å². The van der Waals surface area contributed by atoms with Crippen LogP contribution in [0.25, 0.3) is 0 Å². The van der Waals surface area contributed by atoms with Crippen molar-refractivity contribution in [2.45, 2.75) is 96.8 Å². The fourth-order valence-corrected chi connectivity index (χ4v) is 3.55. The van der Waals surface area contributed by atoms with Crippen LogP contribution in [-0.2, 0) is 13.6 Å². The Balaban J connectivity index is 3.16. The molecule has 1 atom stereocenters. The summed E-state index contributed by atoms with van der Waals surface area (Å²) >= 11 is 0. The van der Waals surface area contributed by atoms with Gasteiger partial charge >= 0.3 is 8.25 Å². The zero-order valence-electron chi connectivity index (χ0n) is 18.2. The van der Waals surface area contributed by atoms with Crippen molar-refractivity contribution in [3.05, 3.63) is 0 Å². The lowest BCUT2D eigenvalue weighted by Gasteiger charge is -2.23. The van der Waals surface area contributed by atoms with Crippen LogP contribution in [0.5, 0.6) is 0 Å². The molecule has 0 aliphatic carbocycles. The summed E-state index contributed by atoms with van der Waals surface area (Å²) in [6.45, 7) is 4.19. The lowest BCUT2D eigenvalue weighted by Crippen LogP contribution is -2.37. The maximum atomic E-state index is 11.6. The first-order valence-corrected chi connectivity index (χ1v) is 12.3. The number of unbranched alkanes of at least 4 members (excludes halogenated alkanes) is 13. The van der Waals surface area contributed by atoms with Crippen LogP contribution in [0.1, 0.15) is 96.8 Å². The summed E-state index contributed by atoms with van der Waals surface area (Å²) in [5, 5.41) is 0. The van der Waals surface area contributed by atoms with E-state index in [0.717, 1.165) is 17.4 Å². The van der Waals surface area contributed by atoms with Crippen molar-refractivity contribution in [2.24, 2.45) is 0 Å². The molecule has 5 heteroatoms. The van der Waals surface area contributed by atoms with Gasteiger partial charge in [-0.05, 0) is 6.42 Å². The minimum atomic E-state index is -2.29. The van der Waals surface area contributed by atoms with E-state index in [2.05, 4.69) is 28.1 Å². The van der Waals surface area contributed by atoms with Gasteiger partial charge < -0.3 is 13.5 Å². The standard InChI is InChI=1S/C21H47NO3P/c1-5-6-7-8-9-10-11-12-13-14-15-16-17-18-20-24-26(23)25-21-19-22(2,3)4/h26H,5-21H2,1-4H3/q+1. The summed E-state index contributed by atoms with van der Waals surface area (Å²) in [5.41, 5.74) is 0. The summed E-state index contributed by atoms with van der Waals surface area (Å²) in [6, 6.07) is 0. The minimum Gasteiger partial charge on any atom is -0.329 e. The van der Waals surface area contributed by atoms with Crippen LogP contribution in [0, 0.1) is 0 Å². The van der Waals surface area contributed by atoms with Gasteiger partial charge in [-0.1, -0.05) is 90.4 Å². The molecule has 1 unspecified atom stereocenters. The van der Waals surface area contributed by atoms with E-state index in [1.165, 1.54) is 83.5 Å². The van der Waals surface area contributed by atoms with Crippen molar-refractivity contribution in [1.29, 1.82) is 0 Å². The van der Waals surface area contributed by atoms with E-state index >= 15 is 0 Å². The first kappa shape index (κ1) is 26.1. The van der Waals surface area contributed by atoms with E-state index in [1.54, 1.807) is 0 Å². The van der Waals surface area contributed by atoms with Gasteiger partial charge in [-0.15, -0.1) is 0 Å². The predicted molar refractivity (Wildman–Crippen MR) is 114 cm³/mol. The predicted octanol–water partition coefficient (Wildman–Crippen LogP) is 6.60. The largest absolute Gasteiger partial charge is 0.329 e. The Morgan fingerprint density at radius 3 is 1.42 bits per heavy atom. The van der Waals surface area contributed by atoms with Crippen LogP contribution in [0.2, 0.25) is 0 Å². The van der Waals surface area contributed by atoms with Crippen molar-refractivity contribution >= 4 is 8.25 Å². The molecule has 0 spiro atoms. The van der Waals surface area contributed by atoms with Gasteiger partial charge in [0.1, 0.15) is 13.2 Å². The maximum Gasteiger partial charge on any atom is 0.319 e. The molecule has 0 fully saturated rings. The third kappa shape index (κ3) is 22.2. The van der Waals surface area contributed by atoms with E-state index in [0.29, 0.717) is 13.2 Å². The smallest absolute Gasteiger partial charge is 0.319 e. The van der Waals surface area contributed by atoms with Crippen LogP contribution < -0.4 is 0 Å². The monoisotopic (exact) mass is 392 g/mol. The molecule has 0 rings (SSSR count). The summed E-state index contributed by atoms with van der Waals surface area (Å²) < 4.78 is 22.9. The molecular weight excluding hydrogens is 345 g/mol. The van der Waals surface area contributed by atoms with Crippen molar-refractivity contribution < 1.29 is 18.1 Å². The number of rotatable bonds is 20. The molecule has 0 aliphatic rings. The molecule has 0 aliphatic heterocycles. The summed E-state index contributed by atoms with van der Waals surface area (Å²) in [5.74, 6) is 0. The van der Waals surface area contributed by atoms with Gasteiger partial charge in [-0.3, -0.25) is 4.57 Å². The fourth-order valence-electron chi connectivity index (χ4n) is 2.90. The van der Waals surface area contributed by atoms with E-state index in [-0.39, 0.29) is 0 Å². The molecule has 0 radical (unpaired) electrons. The molecule has 0 aromatic heterocycles. The van der Waals surface area contributed by atoms with E-state index in [4.69, 9.17) is 9.05 Å². The Labute approximate surface area is 164 Å². The van der Waals surface area contributed by atoms with Gasteiger partial charge in [-0.25, -0.2) is 0 Å². The quantitative estimate of drug-likeness (QED) is 0.133. The molecule has 0 amide bonds. The SMILES string of the molecule is CCCCCCCCCCCCCCCCO[PH](=O)OCC[N+](C)(C)C. The molecule has 0 aromatic rings. The zero-order valence-corrected chi connectivity index (χ0v) is 19.2. The highest BCUT2D eigenvalue weighted by molar-refractivity contribution is 7.33. The van der Waals surface area contributed by atoms with Gasteiger partial charge in [0.2, 0.25) is 0 Å². The molecule has 0 saturated carbocycles. The van der Waals surface area contributed by atoms with Gasteiger partial charge in [0.15, 0.2) is 0 Å². The second kappa shape index (κ2) is 18.5. The second-order valence-electron chi connectivity index (χ2n) is 8.56. The van der Waals surface area contributed by atoms with Gasteiger partial charge in [0.25, 0.3) is 0 Å². The Bertz CT molecular complexity index is 319. The van der Waals surface area contributed by atoms with Crippen LogP contribution >= 0.6 is 8.25 Å². The number of likely N-dealkylation sites (N-methyl/N-ethyl adjacent to an activating group) is 1. The van der Waals surface area contributed by atoms with Crippen molar-refractivity contribution in [1.82, 2.24) is 0 Å². The maximum absolute atomic E-state index is 11.6. The topological polar surface area (TPSA) is 35.5 Å². The van der Waals surface area contributed by atoms with Crippen LogP contribution in [0.3, 0.4) is 0 Å². The van der Waals surface area contributed by atoms with Gasteiger partial charge in [0, 0.05) is 0 Å². The fraction of sp³-hybridized carbons (Fsp3) is 1.00. The van der Waals surface area contributed by atoms with Crippen LogP contribution in [-0.4, -0.2) is 45.4 Å². The number of quaternary nitrogens is 1. The van der Waals surface area contributed by atoms with E-state index in [9.17, 15) is 4.57 Å². The Kier molecular flexibility index (Phi) is 18.6. The number of nitrogens with zero attached hydrogens (tertiary/aromatic N) is 1. The zero-order chi connectivity index (χ0) is 19.5.